The molecule has 35 heavy (non-hydrogen) atoms. The van der Waals surface area contributed by atoms with Gasteiger partial charge in [0.2, 0.25) is 5.91 Å². The molecule has 1 aromatic carbocycles. The Kier molecular flexibility index (Phi) is 7.71. The highest BCUT2D eigenvalue weighted by molar-refractivity contribution is 9.10. The number of benzene rings is 1. The number of likely N-dealkylation sites (tertiary alicyclic amines) is 1. The Bertz CT molecular complexity index is 974. The van der Waals surface area contributed by atoms with Gasteiger partial charge < -0.3 is 25.0 Å². The van der Waals surface area contributed by atoms with Gasteiger partial charge in [-0.05, 0) is 48.8 Å². The molecule has 0 radical (unpaired) electrons. The molecule has 1 saturated carbocycles. The number of alkyl halides is 2. The van der Waals surface area contributed by atoms with E-state index in [1.54, 1.807) is 4.90 Å². The van der Waals surface area contributed by atoms with Gasteiger partial charge in [-0.25, -0.2) is 4.79 Å². The van der Waals surface area contributed by atoms with Crippen LogP contribution in [-0.4, -0.2) is 61.4 Å². The number of nitrogens with one attached hydrogen (secondary N) is 2. The molecule has 2 unspecified atom stereocenters. The number of carbonyl (C=O) groups excluding carboxylic acids is 2. The maximum absolute atomic E-state index is 13.7. The van der Waals surface area contributed by atoms with Gasteiger partial charge in [-0.3, -0.25) is 4.79 Å². The Morgan fingerprint density at radius 3 is 2.63 bits per heavy atom. The van der Waals surface area contributed by atoms with E-state index in [0.717, 1.165) is 28.6 Å². The molecule has 7 nitrogen and oxygen atoms in total. The summed E-state index contributed by atoms with van der Waals surface area (Å²) in [4.78, 5) is 27.5. The Morgan fingerprint density at radius 2 is 2.00 bits per heavy atom. The fourth-order valence-electron chi connectivity index (χ4n) is 5.53. The van der Waals surface area contributed by atoms with Crippen molar-refractivity contribution >= 4 is 33.6 Å². The monoisotopic (exact) mass is 555 g/mol. The lowest BCUT2D eigenvalue weighted by molar-refractivity contribution is -0.139. The van der Waals surface area contributed by atoms with Crippen molar-refractivity contribution in [2.24, 2.45) is 17.8 Å². The Morgan fingerprint density at radius 1 is 1.29 bits per heavy atom. The lowest BCUT2D eigenvalue weighted by Crippen LogP contribution is -2.58. The molecule has 3 aliphatic rings. The van der Waals surface area contributed by atoms with Crippen LogP contribution in [0.1, 0.15) is 38.7 Å². The molecule has 0 bridgehead atoms. The summed E-state index contributed by atoms with van der Waals surface area (Å²) in [6.45, 7) is 1.04. The second-order valence-electron chi connectivity index (χ2n) is 9.99. The zero-order valence-electron chi connectivity index (χ0n) is 20.1. The van der Waals surface area contributed by atoms with Crippen molar-refractivity contribution < 1.29 is 27.8 Å². The van der Waals surface area contributed by atoms with E-state index in [1.165, 1.54) is 7.11 Å². The van der Waals surface area contributed by atoms with Gasteiger partial charge in [0, 0.05) is 22.6 Å². The number of amides is 2. The standard InChI is InChI=1S/C25H32BrF2N3O4/c1-14(2)21(29-24(33)34-3)22(32)31-12-15(13-35-23(27)28)10-20(31)25-11-17(25)6-9-19(30-25)16-4-7-18(26)8-5-16/h4-5,7-9,14-15,17,20-21,23,30H,6,10-13H2,1-3H3,(H,29,33)/t15-,17?,20-,21-,25?/m0/s1. The molecule has 1 saturated heterocycles. The number of carbonyl (C=O) groups is 2. The van der Waals surface area contributed by atoms with Crippen molar-refractivity contribution in [2.45, 2.75) is 57.3 Å². The Hall–Kier alpha value is -2.20. The second-order valence-corrected chi connectivity index (χ2v) is 10.9. The van der Waals surface area contributed by atoms with Gasteiger partial charge >= 0.3 is 12.7 Å². The van der Waals surface area contributed by atoms with Crippen LogP contribution < -0.4 is 10.6 Å². The number of hydrogen-bond acceptors (Lipinski definition) is 5. The molecular formula is C25H32BrF2N3O4. The van der Waals surface area contributed by atoms with E-state index in [9.17, 15) is 18.4 Å². The molecular weight excluding hydrogens is 524 g/mol. The van der Waals surface area contributed by atoms with Crippen molar-refractivity contribution in [1.29, 1.82) is 0 Å². The lowest BCUT2D eigenvalue weighted by Gasteiger charge is -2.38. The third kappa shape index (κ3) is 5.48. The van der Waals surface area contributed by atoms with Crippen molar-refractivity contribution in [1.82, 2.24) is 15.5 Å². The number of allylic oxidation sites excluding steroid dienone is 1. The molecule has 2 fully saturated rings. The van der Waals surface area contributed by atoms with E-state index in [1.807, 2.05) is 38.1 Å². The van der Waals surface area contributed by atoms with Crippen LogP contribution >= 0.6 is 15.9 Å². The topological polar surface area (TPSA) is 79.9 Å². The van der Waals surface area contributed by atoms with Crippen LogP contribution in [0.5, 0.6) is 0 Å². The summed E-state index contributed by atoms with van der Waals surface area (Å²) < 4.78 is 35.9. The van der Waals surface area contributed by atoms with E-state index in [4.69, 9.17) is 4.74 Å². The summed E-state index contributed by atoms with van der Waals surface area (Å²) in [5.74, 6) is -0.272. The molecule has 1 aromatic rings. The van der Waals surface area contributed by atoms with Crippen LogP contribution in [0.3, 0.4) is 0 Å². The van der Waals surface area contributed by atoms with Gasteiger partial charge in [-0.2, -0.15) is 8.78 Å². The molecule has 10 heteroatoms. The number of alkyl carbamates (subject to hydrolysis) is 1. The Labute approximate surface area is 212 Å². The SMILES string of the molecule is COC(=O)N[C@H](C(=O)N1C[C@@H](COC(F)F)C[C@H]1C12CC1CC=C(c1ccc(Br)cc1)N2)C(C)C. The summed E-state index contributed by atoms with van der Waals surface area (Å²) in [5, 5.41) is 6.38. The molecule has 4 rings (SSSR count). The zero-order chi connectivity index (χ0) is 25.3. The van der Waals surface area contributed by atoms with Crippen LogP contribution in [-0.2, 0) is 14.3 Å². The van der Waals surface area contributed by atoms with E-state index in [0.29, 0.717) is 18.9 Å². The normalized spacial score (nSPS) is 28.3. The quantitative estimate of drug-likeness (QED) is 0.497. The molecule has 0 spiro atoms. The molecule has 2 amide bonds. The van der Waals surface area contributed by atoms with Gasteiger partial charge in [0.1, 0.15) is 6.04 Å². The minimum absolute atomic E-state index is 0.120. The summed E-state index contributed by atoms with van der Waals surface area (Å²) in [6, 6.07) is 7.05. The molecule has 2 N–H and O–H groups in total. The van der Waals surface area contributed by atoms with E-state index in [-0.39, 0.29) is 35.9 Å². The van der Waals surface area contributed by atoms with Crippen LogP contribution in [0.4, 0.5) is 13.6 Å². The third-order valence-corrected chi connectivity index (χ3v) is 7.93. The predicted octanol–water partition coefficient (Wildman–Crippen LogP) is 4.38. The number of methoxy groups -OCH3 is 1. The first-order chi connectivity index (χ1) is 16.6. The van der Waals surface area contributed by atoms with Gasteiger partial charge in [0.05, 0.1) is 25.3 Å². The van der Waals surface area contributed by atoms with Crippen molar-refractivity contribution in [3.8, 4) is 0 Å². The van der Waals surface area contributed by atoms with Gasteiger partial charge in [0.15, 0.2) is 0 Å². The maximum Gasteiger partial charge on any atom is 0.407 e. The van der Waals surface area contributed by atoms with Gasteiger partial charge in [-0.15, -0.1) is 0 Å². The first kappa shape index (κ1) is 25.9. The van der Waals surface area contributed by atoms with Crippen molar-refractivity contribution in [3.05, 3.63) is 40.4 Å². The fourth-order valence-corrected chi connectivity index (χ4v) is 5.80. The highest BCUT2D eigenvalue weighted by Crippen LogP contribution is 2.56. The fraction of sp³-hybridized carbons (Fsp3) is 0.600. The average Bonchev–Trinajstić information content (AvgIpc) is 3.41. The van der Waals surface area contributed by atoms with Crippen molar-refractivity contribution in [3.63, 3.8) is 0 Å². The average molecular weight is 556 g/mol. The third-order valence-electron chi connectivity index (χ3n) is 7.40. The summed E-state index contributed by atoms with van der Waals surface area (Å²) in [5.41, 5.74) is 1.73. The van der Waals surface area contributed by atoms with Crippen LogP contribution in [0.15, 0.2) is 34.8 Å². The molecule has 2 heterocycles. The molecule has 0 aromatic heterocycles. The smallest absolute Gasteiger partial charge is 0.407 e. The first-order valence-corrected chi connectivity index (χ1v) is 12.7. The predicted molar refractivity (Wildman–Crippen MR) is 130 cm³/mol. The number of ether oxygens (including phenoxy) is 2. The number of nitrogens with zero attached hydrogens (tertiary/aromatic N) is 1. The van der Waals surface area contributed by atoms with Gasteiger partial charge in [0.25, 0.3) is 0 Å². The second kappa shape index (κ2) is 10.4. The highest BCUT2D eigenvalue weighted by Gasteiger charge is 2.64. The molecule has 1 aliphatic carbocycles. The molecule has 5 atom stereocenters. The summed E-state index contributed by atoms with van der Waals surface area (Å²) >= 11 is 3.47. The van der Waals surface area contributed by atoms with Gasteiger partial charge in [-0.1, -0.05) is 48.0 Å². The highest BCUT2D eigenvalue weighted by atomic mass is 79.9. The number of hydrogen-bond donors (Lipinski definition) is 2. The maximum atomic E-state index is 13.7. The first-order valence-electron chi connectivity index (χ1n) is 11.9. The number of rotatable bonds is 8. The van der Waals surface area contributed by atoms with Crippen LogP contribution in [0.25, 0.3) is 5.70 Å². The van der Waals surface area contributed by atoms with E-state index >= 15 is 0 Å². The molecule has 2 aliphatic heterocycles. The largest absolute Gasteiger partial charge is 0.453 e. The number of halogens is 3. The molecule has 192 valence electrons. The lowest BCUT2D eigenvalue weighted by atomic mass is 9.91. The minimum atomic E-state index is -2.85. The summed E-state index contributed by atoms with van der Waals surface area (Å²) in [7, 11) is 1.25. The minimum Gasteiger partial charge on any atom is -0.453 e. The van der Waals surface area contributed by atoms with E-state index in [2.05, 4.69) is 37.4 Å². The number of fused-ring (bicyclic) bond motifs is 1. The van der Waals surface area contributed by atoms with E-state index < -0.39 is 18.7 Å². The Balaban J connectivity index is 1.59. The summed E-state index contributed by atoms with van der Waals surface area (Å²) in [6.07, 6.45) is 3.83. The van der Waals surface area contributed by atoms with Crippen molar-refractivity contribution in [2.75, 3.05) is 20.3 Å². The van der Waals surface area contributed by atoms with Crippen LogP contribution in [0.2, 0.25) is 0 Å². The van der Waals surface area contributed by atoms with Crippen LogP contribution in [0, 0.1) is 17.8 Å². The zero-order valence-corrected chi connectivity index (χ0v) is 21.7.